The Bertz CT molecular complexity index is 191. The predicted octanol–water partition coefficient (Wildman–Crippen LogP) is 3.45. The van der Waals surface area contributed by atoms with Gasteiger partial charge in [-0.1, -0.05) is 0 Å². The minimum atomic E-state index is -1.65. The lowest BCUT2D eigenvalue weighted by atomic mass is 10.7. The lowest BCUT2D eigenvalue weighted by Gasteiger charge is -2.10. The maximum atomic E-state index is 5.34. The molecular formula is C5H3Cl3OS. The fourth-order valence-electron chi connectivity index (χ4n) is 0.436. The van der Waals surface area contributed by atoms with E-state index in [1.165, 1.54) is 11.3 Å². The molecule has 10 heavy (non-hydrogen) atoms. The summed E-state index contributed by atoms with van der Waals surface area (Å²) in [6.45, 7) is 0. The smallest absolute Gasteiger partial charge is 0.339 e. The molecule has 1 aromatic heterocycles. The van der Waals surface area contributed by atoms with Crippen molar-refractivity contribution in [3.05, 3.63) is 17.5 Å². The highest BCUT2D eigenvalue weighted by atomic mass is 35.6. The Balaban J connectivity index is 2.57. The van der Waals surface area contributed by atoms with Gasteiger partial charge in [0.2, 0.25) is 0 Å². The summed E-state index contributed by atoms with van der Waals surface area (Å²) in [6, 6.07) is 3.54. The quantitative estimate of drug-likeness (QED) is 0.655. The van der Waals surface area contributed by atoms with E-state index in [0.717, 1.165) is 0 Å². The van der Waals surface area contributed by atoms with E-state index in [2.05, 4.69) is 0 Å². The van der Waals surface area contributed by atoms with Gasteiger partial charge < -0.3 is 4.74 Å². The molecule has 0 saturated carbocycles. The molecule has 0 amide bonds. The first-order valence-electron chi connectivity index (χ1n) is 2.37. The number of ether oxygens (including phenoxy) is 1. The van der Waals surface area contributed by atoms with E-state index in [0.29, 0.717) is 5.06 Å². The molecule has 0 radical (unpaired) electrons. The summed E-state index contributed by atoms with van der Waals surface area (Å²) in [6.07, 6.45) is 0. The van der Waals surface area contributed by atoms with Gasteiger partial charge >= 0.3 is 3.98 Å². The Labute approximate surface area is 77.5 Å². The third-order valence-electron chi connectivity index (χ3n) is 0.711. The highest BCUT2D eigenvalue weighted by molar-refractivity contribution is 7.11. The molecule has 0 aliphatic carbocycles. The van der Waals surface area contributed by atoms with Crippen LogP contribution < -0.4 is 4.74 Å². The number of rotatable bonds is 1. The molecular weight excluding hydrogens is 214 g/mol. The van der Waals surface area contributed by atoms with Crippen LogP contribution in [-0.2, 0) is 0 Å². The zero-order valence-corrected chi connectivity index (χ0v) is 7.77. The van der Waals surface area contributed by atoms with Crippen LogP contribution in [0.5, 0.6) is 5.06 Å². The molecule has 1 aromatic rings. The predicted molar refractivity (Wildman–Crippen MR) is 45.2 cm³/mol. The van der Waals surface area contributed by atoms with Crippen LogP contribution in [0, 0.1) is 0 Å². The molecule has 5 heteroatoms. The van der Waals surface area contributed by atoms with E-state index in [1.807, 2.05) is 11.4 Å². The van der Waals surface area contributed by atoms with Crippen LogP contribution in [0.3, 0.4) is 0 Å². The molecule has 1 nitrogen and oxygen atoms in total. The number of thiophene rings is 1. The second kappa shape index (κ2) is 3.18. The van der Waals surface area contributed by atoms with Crippen LogP contribution in [0.2, 0.25) is 0 Å². The summed E-state index contributed by atoms with van der Waals surface area (Å²) >= 11 is 17.4. The summed E-state index contributed by atoms with van der Waals surface area (Å²) < 4.78 is 3.21. The maximum absolute atomic E-state index is 5.34. The largest absolute Gasteiger partial charge is 0.436 e. The highest BCUT2D eigenvalue weighted by Gasteiger charge is 2.21. The third-order valence-corrected chi connectivity index (χ3v) is 1.69. The number of halogens is 3. The number of hydrogen-bond acceptors (Lipinski definition) is 2. The van der Waals surface area contributed by atoms with E-state index in [-0.39, 0.29) is 0 Å². The van der Waals surface area contributed by atoms with Gasteiger partial charge in [-0.15, -0.1) is 11.3 Å². The van der Waals surface area contributed by atoms with Gasteiger partial charge in [0, 0.05) is 0 Å². The molecule has 0 atom stereocenters. The van der Waals surface area contributed by atoms with Crippen molar-refractivity contribution in [3.63, 3.8) is 0 Å². The van der Waals surface area contributed by atoms with Crippen molar-refractivity contribution >= 4 is 46.1 Å². The van der Waals surface area contributed by atoms with E-state index in [4.69, 9.17) is 39.5 Å². The van der Waals surface area contributed by atoms with Crippen molar-refractivity contribution in [2.24, 2.45) is 0 Å². The minimum absolute atomic E-state index is 0.597. The Morgan fingerprint density at radius 3 is 2.50 bits per heavy atom. The van der Waals surface area contributed by atoms with E-state index in [9.17, 15) is 0 Å². The zero-order chi connectivity index (χ0) is 7.61. The van der Waals surface area contributed by atoms with Crippen molar-refractivity contribution in [3.8, 4) is 5.06 Å². The van der Waals surface area contributed by atoms with Gasteiger partial charge in [0.15, 0.2) is 5.06 Å². The Morgan fingerprint density at radius 2 is 2.10 bits per heavy atom. The SMILES string of the molecule is ClC(Cl)(Cl)Oc1cccs1. The molecule has 0 aliphatic rings. The Hall–Kier alpha value is 0.370. The molecule has 0 N–H and O–H groups in total. The van der Waals surface area contributed by atoms with Gasteiger partial charge in [-0.25, -0.2) is 0 Å². The monoisotopic (exact) mass is 216 g/mol. The molecule has 1 heterocycles. The normalized spacial score (nSPS) is 11.5. The van der Waals surface area contributed by atoms with Crippen LogP contribution in [0.1, 0.15) is 0 Å². The van der Waals surface area contributed by atoms with E-state index < -0.39 is 3.98 Å². The number of hydrogen-bond donors (Lipinski definition) is 0. The summed E-state index contributed by atoms with van der Waals surface area (Å²) in [5.74, 6) is 0. The highest BCUT2D eigenvalue weighted by Crippen LogP contribution is 2.32. The summed E-state index contributed by atoms with van der Waals surface area (Å²) in [4.78, 5) is 0. The lowest BCUT2D eigenvalue weighted by molar-refractivity contribution is 0.330. The first-order chi connectivity index (χ1) is 4.58. The van der Waals surface area contributed by atoms with Crippen molar-refractivity contribution in [2.45, 2.75) is 3.98 Å². The fraction of sp³-hybridized carbons (Fsp3) is 0.200. The third kappa shape index (κ3) is 2.97. The van der Waals surface area contributed by atoms with Crippen molar-refractivity contribution in [2.75, 3.05) is 0 Å². The average molecular weight is 218 g/mol. The fourth-order valence-corrected chi connectivity index (χ4v) is 1.44. The molecule has 0 aliphatic heterocycles. The van der Waals surface area contributed by atoms with Gasteiger partial charge in [0.1, 0.15) is 0 Å². The standard InChI is InChI=1S/C5H3Cl3OS/c6-5(7,8)9-4-2-1-3-10-4/h1-3H. The Morgan fingerprint density at radius 1 is 1.40 bits per heavy atom. The second-order valence-corrected chi connectivity index (χ2v) is 4.57. The average Bonchev–Trinajstić information content (AvgIpc) is 2.12. The lowest BCUT2D eigenvalue weighted by Crippen LogP contribution is -2.11. The molecule has 0 bridgehead atoms. The van der Waals surface area contributed by atoms with Crippen molar-refractivity contribution in [1.29, 1.82) is 0 Å². The van der Waals surface area contributed by atoms with E-state index >= 15 is 0 Å². The molecule has 56 valence electrons. The van der Waals surface area contributed by atoms with E-state index in [1.54, 1.807) is 6.07 Å². The molecule has 0 aromatic carbocycles. The zero-order valence-electron chi connectivity index (χ0n) is 4.68. The van der Waals surface area contributed by atoms with Gasteiger partial charge in [-0.2, -0.15) is 0 Å². The molecule has 0 saturated heterocycles. The van der Waals surface area contributed by atoms with Gasteiger partial charge in [-0.3, -0.25) is 0 Å². The van der Waals surface area contributed by atoms with Gasteiger partial charge in [-0.05, 0) is 52.3 Å². The molecule has 0 fully saturated rings. The molecule has 0 unspecified atom stereocenters. The number of alkyl halides is 3. The van der Waals surface area contributed by atoms with Crippen molar-refractivity contribution in [1.82, 2.24) is 0 Å². The van der Waals surface area contributed by atoms with Crippen LogP contribution in [0.4, 0.5) is 0 Å². The van der Waals surface area contributed by atoms with Crippen LogP contribution >= 0.6 is 46.1 Å². The van der Waals surface area contributed by atoms with Gasteiger partial charge in [0.25, 0.3) is 0 Å². The Kier molecular flexibility index (Phi) is 2.69. The van der Waals surface area contributed by atoms with Crippen LogP contribution in [0.25, 0.3) is 0 Å². The topological polar surface area (TPSA) is 9.23 Å². The summed E-state index contributed by atoms with van der Waals surface area (Å²) in [5.41, 5.74) is 0. The molecule has 1 rings (SSSR count). The van der Waals surface area contributed by atoms with Crippen LogP contribution in [-0.4, -0.2) is 3.98 Å². The molecule has 0 spiro atoms. The minimum Gasteiger partial charge on any atom is -0.436 e. The van der Waals surface area contributed by atoms with Crippen LogP contribution in [0.15, 0.2) is 17.5 Å². The summed E-state index contributed by atoms with van der Waals surface area (Å²) in [7, 11) is 0. The maximum Gasteiger partial charge on any atom is 0.339 e. The second-order valence-electron chi connectivity index (χ2n) is 1.48. The van der Waals surface area contributed by atoms with Crippen molar-refractivity contribution < 1.29 is 4.74 Å². The first-order valence-corrected chi connectivity index (χ1v) is 4.38. The van der Waals surface area contributed by atoms with Gasteiger partial charge in [0.05, 0.1) is 0 Å². The first kappa shape index (κ1) is 8.47. The summed E-state index contributed by atoms with van der Waals surface area (Å²) in [5, 5.41) is 2.44.